The monoisotopic (exact) mass is 316 g/mol. The molecule has 0 unspecified atom stereocenters. The van der Waals surface area contributed by atoms with E-state index in [2.05, 4.69) is 15.4 Å². The van der Waals surface area contributed by atoms with Crippen molar-refractivity contribution < 1.29 is 9.18 Å². The highest BCUT2D eigenvalue weighted by Crippen LogP contribution is 2.13. The molecule has 0 aliphatic carbocycles. The smallest absolute Gasteiger partial charge is 0.295 e. The normalized spacial score (nSPS) is 10.5. The fraction of sp³-hybridized carbons (Fsp3) is 0. The lowest BCUT2D eigenvalue weighted by atomic mass is 10.3. The molecule has 7 heteroatoms. The van der Waals surface area contributed by atoms with Gasteiger partial charge in [-0.15, -0.1) is 5.10 Å². The molecule has 0 aliphatic heterocycles. The van der Waals surface area contributed by atoms with Crippen LogP contribution in [-0.2, 0) is 0 Å². The second kappa shape index (κ2) is 5.95. The van der Waals surface area contributed by atoms with Crippen LogP contribution in [0.25, 0.3) is 5.69 Å². The van der Waals surface area contributed by atoms with Crippen LogP contribution >= 0.6 is 11.6 Å². The Morgan fingerprint density at radius 3 is 2.68 bits per heavy atom. The second-order valence-electron chi connectivity index (χ2n) is 4.45. The van der Waals surface area contributed by atoms with E-state index in [0.29, 0.717) is 10.7 Å². The first-order valence-corrected chi connectivity index (χ1v) is 6.74. The molecule has 1 N–H and O–H groups in total. The van der Waals surface area contributed by atoms with Gasteiger partial charge in [0.25, 0.3) is 5.91 Å². The highest BCUT2D eigenvalue weighted by Gasteiger charge is 2.12. The van der Waals surface area contributed by atoms with E-state index >= 15 is 0 Å². The van der Waals surface area contributed by atoms with Crippen molar-refractivity contribution in [2.75, 3.05) is 5.32 Å². The zero-order valence-electron chi connectivity index (χ0n) is 11.2. The van der Waals surface area contributed by atoms with E-state index < -0.39 is 11.7 Å². The van der Waals surface area contributed by atoms with E-state index in [1.165, 1.54) is 29.2 Å². The number of hydrogen-bond acceptors (Lipinski definition) is 3. The molecule has 3 aromatic rings. The van der Waals surface area contributed by atoms with Gasteiger partial charge >= 0.3 is 0 Å². The first-order valence-electron chi connectivity index (χ1n) is 6.36. The number of aromatic nitrogens is 3. The average molecular weight is 317 g/mol. The van der Waals surface area contributed by atoms with E-state index in [4.69, 9.17) is 11.6 Å². The van der Waals surface area contributed by atoms with Crippen molar-refractivity contribution in [3.63, 3.8) is 0 Å². The van der Waals surface area contributed by atoms with Gasteiger partial charge in [0, 0.05) is 10.7 Å². The maximum atomic E-state index is 13.1. The molecule has 0 saturated heterocycles. The van der Waals surface area contributed by atoms with E-state index in [-0.39, 0.29) is 5.82 Å². The van der Waals surface area contributed by atoms with Crippen LogP contribution in [0, 0.1) is 5.82 Å². The number of amides is 1. The van der Waals surface area contributed by atoms with Crippen molar-refractivity contribution >= 4 is 23.2 Å². The first-order chi connectivity index (χ1) is 10.6. The summed E-state index contributed by atoms with van der Waals surface area (Å²) in [5.41, 5.74) is 1.06. The summed E-state index contributed by atoms with van der Waals surface area (Å²) in [5.74, 6) is -0.963. The van der Waals surface area contributed by atoms with Crippen LogP contribution in [0.1, 0.15) is 10.6 Å². The quantitative estimate of drug-likeness (QED) is 0.806. The number of anilines is 1. The first kappa shape index (κ1) is 14.2. The van der Waals surface area contributed by atoms with Gasteiger partial charge in [0.15, 0.2) is 0 Å². The fourth-order valence-corrected chi connectivity index (χ4v) is 1.96. The van der Waals surface area contributed by atoms with E-state index in [1.807, 2.05) is 0 Å². The minimum absolute atomic E-state index is 0.0146. The van der Waals surface area contributed by atoms with Crippen LogP contribution in [0.15, 0.2) is 54.9 Å². The molecule has 0 saturated carbocycles. The molecule has 2 aromatic carbocycles. The highest BCUT2D eigenvalue weighted by molar-refractivity contribution is 6.30. The van der Waals surface area contributed by atoms with Gasteiger partial charge in [-0.3, -0.25) is 4.79 Å². The van der Waals surface area contributed by atoms with Crippen LogP contribution < -0.4 is 5.32 Å². The van der Waals surface area contributed by atoms with Crippen LogP contribution in [0.5, 0.6) is 0 Å². The molecule has 1 heterocycles. The van der Waals surface area contributed by atoms with Gasteiger partial charge in [-0.2, -0.15) is 0 Å². The van der Waals surface area contributed by atoms with Crippen LogP contribution in [0.3, 0.4) is 0 Å². The molecule has 110 valence electrons. The highest BCUT2D eigenvalue weighted by atomic mass is 35.5. The largest absolute Gasteiger partial charge is 0.319 e. The number of rotatable bonds is 3. The Labute approximate surface area is 130 Å². The molecule has 5 nitrogen and oxygen atoms in total. The molecule has 0 bridgehead atoms. The molecule has 0 spiro atoms. The lowest BCUT2D eigenvalue weighted by molar-refractivity contribution is 0.101. The topological polar surface area (TPSA) is 59.8 Å². The van der Waals surface area contributed by atoms with Crippen molar-refractivity contribution in [3.8, 4) is 5.69 Å². The number of carbonyl (C=O) groups is 1. The SMILES string of the molecule is O=C(Nc1cccc(F)c1)c1ncn(-c2ccc(Cl)cc2)n1. The molecule has 0 atom stereocenters. The Balaban J connectivity index is 1.78. The summed E-state index contributed by atoms with van der Waals surface area (Å²) in [6.45, 7) is 0. The Bertz CT molecular complexity index is 816. The molecule has 1 aromatic heterocycles. The van der Waals surface area contributed by atoms with Crippen molar-refractivity contribution in [1.82, 2.24) is 14.8 Å². The van der Waals surface area contributed by atoms with Crippen molar-refractivity contribution in [2.45, 2.75) is 0 Å². The number of nitrogens with zero attached hydrogens (tertiary/aromatic N) is 3. The standard InChI is InChI=1S/C15H10ClFN4O/c16-10-4-6-13(7-5-10)21-9-18-14(20-21)15(22)19-12-3-1-2-11(17)8-12/h1-9H,(H,19,22). The lowest BCUT2D eigenvalue weighted by Gasteiger charge is -2.02. The zero-order valence-corrected chi connectivity index (χ0v) is 12.0. The minimum Gasteiger partial charge on any atom is -0.319 e. The Morgan fingerprint density at radius 2 is 1.95 bits per heavy atom. The maximum absolute atomic E-state index is 13.1. The summed E-state index contributed by atoms with van der Waals surface area (Å²) in [4.78, 5) is 16.0. The Hall–Kier alpha value is -2.73. The van der Waals surface area contributed by atoms with E-state index in [0.717, 1.165) is 5.69 Å². The molecule has 0 aliphatic rings. The summed E-state index contributed by atoms with van der Waals surface area (Å²) in [7, 11) is 0. The Kier molecular flexibility index (Phi) is 3.84. The summed E-state index contributed by atoms with van der Waals surface area (Å²) in [5, 5.41) is 7.22. The predicted octanol–water partition coefficient (Wildman–Crippen LogP) is 3.31. The average Bonchev–Trinajstić information content (AvgIpc) is 2.98. The molecular formula is C15H10ClFN4O. The molecule has 0 fully saturated rings. The number of carbonyl (C=O) groups excluding carboxylic acids is 1. The van der Waals surface area contributed by atoms with Crippen LogP contribution in [0.4, 0.5) is 10.1 Å². The molecule has 1 amide bonds. The third kappa shape index (κ3) is 3.12. The number of benzene rings is 2. The summed E-state index contributed by atoms with van der Waals surface area (Å²) < 4.78 is 14.5. The van der Waals surface area contributed by atoms with E-state index in [1.54, 1.807) is 30.3 Å². The van der Waals surface area contributed by atoms with Crippen LogP contribution in [0.2, 0.25) is 5.02 Å². The summed E-state index contributed by atoms with van der Waals surface area (Å²) in [6, 6.07) is 12.5. The summed E-state index contributed by atoms with van der Waals surface area (Å²) >= 11 is 5.82. The molecule has 0 radical (unpaired) electrons. The maximum Gasteiger partial charge on any atom is 0.295 e. The zero-order chi connectivity index (χ0) is 15.5. The Morgan fingerprint density at radius 1 is 1.18 bits per heavy atom. The van der Waals surface area contributed by atoms with Gasteiger partial charge < -0.3 is 5.32 Å². The molecular weight excluding hydrogens is 307 g/mol. The lowest BCUT2D eigenvalue weighted by Crippen LogP contribution is -2.14. The van der Waals surface area contributed by atoms with Gasteiger partial charge in [-0.05, 0) is 42.5 Å². The van der Waals surface area contributed by atoms with Crippen LogP contribution in [-0.4, -0.2) is 20.7 Å². The third-order valence-corrected chi connectivity index (χ3v) is 3.12. The molecule has 3 rings (SSSR count). The van der Waals surface area contributed by atoms with Crippen molar-refractivity contribution in [3.05, 3.63) is 71.5 Å². The van der Waals surface area contributed by atoms with Gasteiger partial charge in [0.2, 0.25) is 5.82 Å². The molecule has 22 heavy (non-hydrogen) atoms. The van der Waals surface area contributed by atoms with Gasteiger partial charge in [-0.25, -0.2) is 14.1 Å². The summed E-state index contributed by atoms with van der Waals surface area (Å²) in [6.07, 6.45) is 1.42. The van der Waals surface area contributed by atoms with Crippen molar-refractivity contribution in [1.29, 1.82) is 0 Å². The van der Waals surface area contributed by atoms with E-state index in [9.17, 15) is 9.18 Å². The predicted molar refractivity (Wildman–Crippen MR) is 80.7 cm³/mol. The van der Waals surface area contributed by atoms with Gasteiger partial charge in [0.05, 0.1) is 5.69 Å². The van der Waals surface area contributed by atoms with Gasteiger partial charge in [0.1, 0.15) is 12.1 Å². The minimum atomic E-state index is -0.515. The fourth-order valence-electron chi connectivity index (χ4n) is 1.84. The van der Waals surface area contributed by atoms with Crippen molar-refractivity contribution in [2.24, 2.45) is 0 Å². The number of hydrogen-bond donors (Lipinski definition) is 1. The number of halogens is 2. The van der Waals surface area contributed by atoms with Gasteiger partial charge in [-0.1, -0.05) is 17.7 Å². The second-order valence-corrected chi connectivity index (χ2v) is 4.89. The number of nitrogens with one attached hydrogen (secondary N) is 1. The third-order valence-electron chi connectivity index (χ3n) is 2.87.